The third-order valence-electron chi connectivity index (χ3n) is 13.3. The molecule has 4 bridgehead atoms. The Hall–Kier alpha value is -4.59. The van der Waals surface area contributed by atoms with Gasteiger partial charge >= 0.3 is 0 Å². The number of nitrogens with zero attached hydrogens (tertiary/aromatic N) is 1. The third kappa shape index (κ3) is 4.81. The van der Waals surface area contributed by atoms with E-state index in [-0.39, 0.29) is 10.8 Å². The van der Waals surface area contributed by atoms with E-state index in [9.17, 15) is 0 Å². The van der Waals surface area contributed by atoms with Gasteiger partial charge in [-0.2, -0.15) is 0 Å². The Labute approximate surface area is 314 Å². The number of para-hydroxylation sites is 2. The average molecular weight is 696 g/mol. The van der Waals surface area contributed by atoms with Crippen molar-refractivity contribution in [2.24, 2.45) is 23.7 Å². The van der Waals surface area contributed by atoms with E-state index in [2.05, 4.69) is 153 Å². The second-order valence-electron chi connectivity index (χ2n) is 17.1. The fourth-order valence-electron chi connectivity index (χ4n) is 11.3. The minimum absolute atomic E-state index is 0.00621. The summed E-state index contributed by atoms with van der Waals surface area (Å²) in [6.45, 7) is 6.89. The van der Waals surface area contributed by atoms with Gasteiger partial charge in [0.1, 0.15) is 0 Å². The third-order valence-corrected chi connectivity index (χ3v) is 13.6. The molecule has 0 heterocycles. The van der Waals surface area contributed by atoms with Gasteiger partial charge in [0.15, 0.2) is 0 Å². The molecule has 2 heteroatoms. The van der Waals surface area contributed by atoms with Gasteiger partial charge in [-0.1, -0.05) is 123 Å². The van der Waals surface area contributed by atoms with Crippen molar-refractivity contribution in [3.8, 4) is 33.4 Å². The number of halogens is 1. The van der Waals surface area contributed by atoms with Gasteiger partial charge in [0.25, 0.3) is 0 Å². The van der Waals surface area contributed by atoms with Crippen LogP contribution in [0, 0.1) is 23.7 Å². The maximum Gasteiger partial charge on any atom is 0.0543 e. The predicted octanol–water partition coefficient (Wildman–Crippen LogP) is 14.2. The highest BCUT2D eigenvalue weighted by atomic mass is 35.5. The molecule has 4 fully saturated rings. The van der Waals surface area contributed by atoms with Crippen molar-refractivity contribution < 1.29 is 0 Å². The normalized spacial score (nSPS) is 23.8. The van der Waals surface area contributed by atoms with E-state index < -0.39 is 0 Å². The fraction of sp³-hybridized carbons (Fsp3) is 0.280. The summed E-state index contributed by atoms with van der Waals surface area (Å²) in [5.41, 5.74) is 15.8. The van der Waals surface area contributed by atoms with Crippen LogP contribution >= 0.6 is 11.6 Å². The maximum absolute atomic E-state index is 7.13. The number of rotatable bonds is 5. The smallest absolute Gasteiger partial charge is 0.0543 e. The van der Waals surface area contributed by atoms with E-state index >= 15 is 0 Å². The topological polar surface area (TPSA) is 3.24 Å². The largest absolute Gasteiger partial charge is 0.310 e. The molecule has 0 aromatic heterocycles. The Bertz CT molecular complexity index is 2230. The SMILES string of the molecule is CC(C)(C)c1ccc(-c2cc3c(cc2-c2ccccc2Cl)-c2c(N(c4ccccc4)c4ccccc4)cccc2C32C3CC4CC(C3)CC2C4)cc1. The lowest BCUT2D eigenvalue weighted by atomic mass is 9.43. The van der Waals surface area contributed by atoms with Crippen LogP contribution in [-0.2, 0) is 10.8 Å². The molecular formula is C50H46ClN. The summed E-state index contributed by atoms with van der Waals surface area (Å²) >= 11 is 7.13. The van der Waals surface area contributed by atoms with Crippen molar-refractivity contribution in [3.63, 3.8) is 0 Å². The Kier molecular flexibility index (Phi) is 7.39. The molecular weight excluding hydrogens is 650 g/mol. The first-order valence-corrected chi connectivity index (χ1v) is 19.8. The summed E-state index contributed by atoms with van der Waals surface area (Å²) in [7, 11) is 0. The summed E-state index contributed by atoms with van der Waals surface area (Å²) in [5, 5.41) is 0.793. The van der Waals surface area contributed by atoms with E-state index in [1.807, 2.05) is 12.1 Å². The van der Waals surface area contributed by atoms with Gasteiger partial charge in [0.05, 0.1) is 5.69 Å². The van der Waals surface area contributed by atoms with Crippen molar-refractivity contribution in [1.29, 1.82) is 0 Å². The molecule has 5 aliphatic carbocycles. The first kappa shape index (κ1) is 32.1. The quantitative estimate of drug-likeness (QED) is 0.173. The zero-order chi connectivity index (χ0) is 35.2. The molecule has 0 atom stereocenters. The maximum atomic E-state index is 7.13. The average Bonchev–Trinajstić information content (AvgIpc) is 3.44. The standard InChI is InChI=1S/C50H46ClN/c1-49(2,3)35-23-21-34(22-24-35)41-31-45-43(30-42(41)40-17-10-11-19-46(40)51)48-44(50(45)36-26-32-25-33(28-36)29-37(50)27-32)18-12-20-47(48)52(38-13-6-4-7-14-38)39-15-8-5-9-16-39/h4-24,30-33,36-37H,25-29H2,1-3H3. The molecule has 0 unspecified atom stereocenters. The van der Waals surface area contributed by atoms with Gasteiger partial charge in [-0.15, -0.1) is 0 Å². The van der Waals surface area contributed by atoms with Crippen molar-refractivity contribution in [2.45, 2.75) is 63.7 Å². The molecule has 5 aliphatic rings. The summed E-state index contributed by atoms with van der Waals surface area (Å²) in [4.78, 5) is 2.49. The van der Waals surface area contributed by atoms with Gasteiger partial charge in [-0.3, -0.25) is 0 Å². The molecule has 6 aromatic carbocycles. The van der Waals surface area contributed by atoms with E-state index in [0.717, 1.165) is 22.4 Å². The first-order valence-electron chi connectivity index (χ1n) is 19.4. The van der Waals surface area contributed by atoms with Gasteiger partial charge < -0.3 is 4.90 Å². The number of hydrogen-bond acceptors (Lipinski definition) is 1. The molecule has 0 amide bonds. The summed E-state index contributed by atoms with van der Waals surface area (Å²) in [6, 6.07) is 52.1. The Morgan fingerprint density at radius 1 is 0.538 bits per heavy atom. The van der Waals surface area contributed by atoms with E-state index in [1.165, 1.54) is 82.5 Å². The first-order chi connectivity index (χ1) is 25.3. The lowest BCUT2D eigenvalue weighted by Gasteiger charge is -2.61. The number of fused-ring (bicyclic) bond motifs is 3. The van der Waals surface area contributed by atoms with Crippen LogP contribution < -0.4 is 4.90 Å². The molecule has 11 rings (SSSR count). The lowest BCUT2D eigenvalue weighted by Crippen LogP contribution is -2.55. The van der Waals surface area contributed by atoms with Crippen LogP contribution in [0.4, 0.5) is 17.1 Å². The van der Waals surface area contributed by atoms with Crippen LogP contribution in [0.15, 0.2) is 140 Å². The molecule has 1 spiro atoms. The van der Waals surface area contributed by atoms with Gasteiger partial charge in [-0.05, 0) is 149 Å². The number of hydrogen-bond donors (Lipinski definition) is 0. The van der Waals surface area contributed by atoms with Crippen LogP contribution in [0.5, 0.6) is 0 Å². The molecule has 0 radical (unpaired) electrons. The van der Waals surface area contributed by atoms with E-state index in [1.54, 1.807) is 11.1 Å². The monoisotopic (exact) mass is 695 g/mol. The molecule has 52 heavy (non-hydrogen) atoms. The fourth-order valence-corrected chi connectivity index (χ4v) is 11.6. The van der Waals surface area contributed by atoms with Gasteiger partial charge in [0.2, 0.25) is 0 Å². The molecule has 1 nitrogen and oxygen atoms in total. The van der Waals surface area contributed by atoms with E-state index in [4.69, 9.17) is 11.6 Å². The lowest BCUT2D eigenvalue weighted by molar-refractivity contribution is -0.0399. The van der Waals surface area contributed by atoms with E-state index in [0.29, 0.717) is 11.8 Å². The van der Waals surface area contributed by atoms with Crippen LogP contribution in [0.3, 0.4) is 0 Å². The Morgan fingerprint density at radius 2 is 1.13 bits per heavy atom. The van der Waals surface area contributed by atoms with Crippen LogP contribution in [0.1, 0.15) is 69.6 Å². The van der Waals surface area contributed by atoms with Crippen molar-refractivity contribution in [3.05, 3.63) is 161 Å². The highest BCUT2D eigenvalue weighted by Gasteiger charge is 2.62. The Balaban J connectivity index is 1.29. The summed E-state index contributed by atoms with van der Waals surface area (Å²) < 4.78 is 0. The predicted molar refractivity (Wildman–Crippen MR) is 219 cm³/mol. The van der Waals surface area contributed by atoms with Crippen LogP contribution in [0.2, 0.25) is 5.02 Å². The molecule has 6 aromatic rings. The molecule has 258 valence electrons. The van der Waals surface area contributed by atoms with Crippen molar-refractivity contribution in [1.82, 2.24) is 0 Å². The van der Waals surface area contributed by atoms with Gasteiger partial charge in [0, 0.05) is 32.9 Å². The highest BCUT2D eigenvalue weighted by molar-refractivity contribution is 6.33. The number of benzene rings is 6. The Morgan fingerprint density at radius 3 is 1.73 bits per heavy atom. The molecule has 0 N–H and O–H groups in total. The summed E-state index contributed by atoms with van der Waals surface area (Å²) in [5.74, 6) is 3.06. The minimum Gasteiger partial charge on any atom is -0.310 e. The number of anilines is 3. The second kappa shape index (κ2) is 12.0. The molecule has 0 saturated heterocycles. The van der Waals surface area contributed by atoms with Crippen LogP contribution in [-0.4, -0.2) is 0 Å². The summed E-state index contributed by atoms with van der Waals surface area (Å²) in [6.07, 6.45) is 6.83. The zero-order valence-electron chi connectivity index (χ0n) is 30.4. The van der Waals surface area contributed by atoms with Gasteiger partial charge in [-0.25, -0.2) is 0 Å². The minimum atomic E-state index is 0.00621. The second-order valence-corrected chi connectivity index (χ2v) is 17.5. The molecule has 0 aliphatic heterocycles. The van der Waals surface area contributed by atoms with Crippen LogP contribution in [0.25, 0.3) is 33.4 Å². The zero-order valence-corrected chi connectivity index (χ0v) is 31.2. The van der Waals surface area contributed by atoms with Crippen molar-refractivity contribution >= 4 is 28.7 Å². The van der Waals surface area contributed by atoms with Crippen molar-refractivity contribution in [2.75, 3.05) is 4.90 Å². The highest BCUT2D eigenvalue weighted by Crippen LogP contribution is 2.71. The molecule has 4 saturated carbocycles.